The summed E-state index contributed by atoms with van der Waals surface area (Å²) in [5, 5.41) is 0.455. The lowest BCUT2D eigenvalue weighted by Gasteiger charge is -2.11. The minimum absolute atomic E-state index is 0.155. The smallest absolute Gasteiger partial charge is 0.214 e. The number of thiazole rings is 1. The van der Waals surface area contributed by atoms with E-state index in [1.807, 2.05) is 24.3 Å². The van der Waals surface area contributed by atoms with Crippen LogP contribution in [-0.4, -0.2) is 32.1 Å². The molecule has 3 rings (SSSR count). The number of nitrogens with zero attached hydrogens (tertiary/aromatic N) is 1. The summed E-state index contributed by atoms with van der Waals surface area (Å²) in [5.41, 5.74) is 1.54. The number of para-hydroxylation sites is 1. The summed E-state index contributed by atoms with van der Waals surface area (Å²) in [6.45, 7) is 0. The topological polar surface area (TPSA) is 57.7 Å². The molecule has 0 N–H and O–H groups in total. The van der Waals surface area contributed by atoms with Crippen molar-refractivity contribution < 1.29 is 19.0 Å². The van der Waals surface area contributed by atoms with Crippen molar-refractivity contribution >= 4 is 33.4 Å². The van der Waals surface area contributed by atoms with Crippen LogP contribution in [0.4, 0.5) is 0 Å². The summed E-state index contributed by atoms with van der Waals surface area (Å²) >= 11 is 1.38. The Kier molecular flexibility index (Phi) is 5.00. The van der Waals surface area contributed by atoms with Crippen molar-refractivity contribution in [1.29, 1.82) is 0 Å². The van der Waals surface area contributed by atoms with E-state index in [-0.39, 0.29) is 5.78 Å². The molecular weight excluding hydrogens is 338 g/mol. The molecule has 0 aliphatic rings. The molecule has 0 saturated heterocycles. The Balaban J connectivity index is 1.91. The second kappa shape index (κ2) is 7.36. The molecule has 1 heterocycles. The summed E-state index contributed by atoms with van der Waals surface area (Å²) in [7, 11) is 4.68. The SMILES string of the molecule is COc1cc(OC)c(OC)cc1/C=C/C(=O)c1nc2ccccc2s1. The summed E-state index contributed by atoms with van der Waals surface area (Å²) in [4.78, 5) is 16.8. The van der Waals surface area contributed by atoms with E-state index >= 15 is 0 Å². The van der Waals surface area contributed by atoms with Crippen LogP contribution in [0.1, 0.15) is 15.4 Å². The van der Waals surface area contributed by atoms with Gasteiger partial charge in [-0.25, -0.2) is 4.98 Å². The summed E-state index contributed by atoms with van der Waals surface area (Å²) in [6, 6.07) is 11.2. The molecule has 0 atom stereocenters. The van der Waals surface area contributed by atoms with E-state index in [2.05, 4.69) is 4.98 Å². The van der Waals surface area contributed by atoms with E-state index in [1.165, 1.54) is 17.4 Å². The second-order valence-corrected chi connectivity index (χ2v) is 6.16. The maximum Gasteiger partial charge on any atom is 0.214 e. The molecule has 0 unspecified atom stereocenters. The quantitative estimate of drug-likeness (QED) is 0.489. The van der Waals surface area contributed by atoms with E-state index in [0.717, 1.165) is 15.8 Å². The fraction of sp³-hybridized carbons (Fsp3) is 0.158. The van der Waals surface area contributed by atoms with Crippen LogP contribution < -0.4 is 14.2 Å². The van der Waals surface area contributed by atoms with Gasteiger partial charge in [-0.2, -0.15) is 0 Å². The van der Waals surface area contributed by atoms with E-state index in [1.54, 1.807) is 39.5 Å². The first-order valence-corrected chi connectivity index (χ1v) is 8.36. The Bertz CT molecular complexity index is 913. The van der Waals surface area contributed by atoms with Crippen molar-refractivity contribution in [3.63, 3.8) is 0 Å². The third kappa shape index (κ3) is 3.49. The van der Waals surface area contributed by atoms with E-state index in [9.17, 15) is 4.79 Å². The molecule has 0 saturated carbocycles. The molecule has 0 radical (unpaired) electrons. The van der Waals surface area contributed by atoms with Gasteiger partial charge in [-0.15, -0.1) is 11.3 Å². The molecule has 6 heteroatoms. The fourth-order valence-corrected chi connectivity index (χ4v) is 3.28. The highest BCUT2D eigenvalue weighted by Crippen LogP contribution is 2.35. The summed E-state index contributed by atoms with van der Waals surface area (Å²) in [5.74, 6) is 1.56. The van der Waals surface area contributed by atoms with Crippen LogP contribution in [0.3, 0.4) is 0 Å². The highest BCUT2D eigenvalue weighted by molar-refractivity contribution is 7.20. The minimum atomic E-state index is -0.155. The average molecular weight is 355 g/mol. The van der Waals surface area contributed by atoms with Crippen molar-refractivity contribution in [3.05, 3.63) is 53.0 Å². The molecule has 3 aromatic rings. The lowest BCUT2D eigenvalue weighted by molar-refractivity contribution is 0.104. The number of aromatic nitrogens is 1. The summed E-state index contributed by atoms with van der Waals surface area (Å²) < 4.78 is 16.9. The number of ether oxygens (including phenoxy) is 3. The van der Waals surface area contributed by atoms with Gasteiger partial charge in [0.05, 0.1) is 31.5 Å². The van der Waals surface area contributed by atoms with Gasteiger partial charge in [-0.1, -0.05) is 12.1 Å². The number of allylic oxidation sites excluding steroid dienone is 1. The van der Waals surface area contributed by atoms with Crippen LogP contribution in [0.5, 0.6) is 17.2 Å². The number of ketones is 1. The zero-order chi connectivity index (χ0) is 17.8. The molecule has 5 nitrogen and oxygen atoms in total. The molecule has 25 heavy (non-hydrogen) atoms. The number of hydrogen-bond donors (Lipinski definition) is 0. The Hall–Kier alpha value is -2.86. The van der Waals surface area contributed by atoms with Crippen LogP contribution in [0.2, 0.25) is 0 Å². The Morgan fingerprint density at radius 3 is 2.36 bits per heavy atom. The molecule has 0 spiro atoms. The number of rotatable bonds is 6. The van der Waals surface area contributed by atoms with Gasteiger partial charge in [0.2, 0.25) is 5.78 Å². The Labute approximate surface area is 149 Å². The van der Waals surface area contributed by atoms with E-state index in [0.29, 0.717) is 22.3 Å². The minimum Gasteiger partial charge on any atom is -0.496 e. The van der Waals surface area contributed by atoms with Crippen molar-refractivity contribution in [2.45, 2.75) is 0 Å². The standard InChI is InChI=1S/C19H17NO4S/c1-22-15-11-17(24-3)16(23-2)10-12(15)8-9-14(21)19-20-13-6-4-5-7-18(13)25-19/h4-11H,1-3H3/b9-8+. The molecule has 0 aliphatic carbocycles. The normalized spacial score (nSPS) is 11.0. The van der Waals surface area contributed by atoms with Gasteiger partial charge in [-0.3, -0.25) is 4.79 Å². The number of hydrogen-bond acceptors (Lipinski definition) is 6. The molecule has 0 amide bonds. The van der Waals surface area contributed by atoms with Crippen molar-refractivity contribution in [2.75, 3.05) is 21.3 Å². The summed E-state index contributed by atoms with van der Waals surface area (Å²) in [6.07, 6.45) is 3.18. The molecule has 0 aliphatic heterocycles. The van der Waals surface area contributed by atoms with Crippen LogP contribution in [0, 0.1) is 0 Å². The van der Waals surface area contributed by atoms with Gasteiger partial charge in [0.1, 0.15) is 5.75 Å². The van der Waals surface area contributed by atoms with Gasteiger partial charge in [-0.05, 0) is 30.4 Å². The third-order valence-corrected chi connectivity index (χ3v) is 4.71. The van der Waals surface area contributed by atoms with Crippen LogP contribution in [0.15, 0.2) is 42.5 Å². The lowest BCUT2D eigenvalue weighted by Crippen LogP contribution is -1.96. The van der Waals surface area contributed by atoms with Gasteiger partial charge in [0.15, 0.2) is 16.5 Å². The largest absolute Gasteiger partial charge is 0.496 e. The van der Waals surface area contributed by atoms with Crippen LogP contribution >= 0.6 is 11.3 Å². The second-order valence-electron chi connectivity index (χ2n) is 5.13. The Morgan fingerprint density at radius 1 is 1.00 bits per heavy atom. The number of carbonyl (C=O) groups is 1. The van der Waals surface area contributed by atoms with Crippen molar-refractivity contribution in [1.82, 2.24) is 4.98 Å². The third-order valence-electron chi connectivity index (χ3n) is 3.65. The predicted octanol–water partition coefficient (Wildman–Crippen LogP) is 4.22. The lowest BCUT2D eigenvalue weighted by atomic mass is 10.1. The first kappa shape index (κ1) is 17.0. The van der Waals surface area contributed by atoms with Gasteiger partial charge >= 0.3 is 0 Å². The average Bonchev–Trinajstić information content (AvgIpc) is 3.09. The first-order chi connectivity index (χ1) is 12.2. The highest BCUT2D eigenvalue weighted by Gasteiger charge is 2.12. The maximum absolute atomic E-state index is 12.4. The molecule has 128 valence electrons. The van der Waals surface area contributed by atoms with Crippen molar-refractivity contribution in [2.24, 2.45) is 0 Å². The molecule has 2 aromatic carbocycles. The molecule has 1 aromatic heterocycles. The zero-order valence-electron chi connectivity index (χ0n) is 14.1. The number of carbonyl (C=O) groups excluding carboxylic acids is 1. The molecular formula is C19H17NO4S. The van der Waals surface area contributed by atoms with Gasteiger partial charge in [0, 0.05) is 11.6 Å². The van der Waals surface area contributed by atoms with Gasteiger partial charge < -0.3 is 14.2 Å². The van der Waals surface area contributed by atoms with Crippen molar-refractivity contribution in [3.8, 4) is 17.2 Å². The zero-order valence-corrected chi connectivity index (χ0v) is 14.9. The number of fused-ring (bicyclic) bond motifs is 1. The number of methoxy groups -OCH3 is 3. The Morgan fingerprint density at radius 2 is 1.68 bits per heavy atom. The predicted molar refractivity (Wildman–Crippen MR) is 99.1 cm³/mol. The van der Waals surface area contributed by atoms with Gasteiger partial charge in [0.25, 0.3) is 0 Å². The van der Waals surface area contributed by atoms with E-state index < -0.39 is 0 Å². The number of benzene rings is 2. The maximum atomic E-state index is 12.4. The molecule has 0 bridgehead atoms. The fourth-order valence-electron chi connectivity index (χ4n) is 2.40. The molecule has 0 fully saturated rings. The highest BCUT2D eigenvalue weighted by atomic mass is 32.1. The van der Waals surface area contributed by atoms with E-state index in [4.69, 9.17) is 14.2 Å². The monoisotopic (exact) mass is 355 g/mol. The first-order valence-electron chi connectivity index (χ1n) is 7.54. The van der Waals surface area contributed by atoms with Crippen LogP contribution in [0.25, 0.3) is 16.3 Å². The van der Waals surface area contributed by atoms with Crippen LogP contribution in [-0.2, 0) is 0 Å².